The smallest absolute Gasteiger partial charge is 0.307 e. The maximum Gasteiger partial charge on any atom is 0.307 e. The van der Waals surface area contributed by atoms with Gasteiger partial charge >= 0.3 is 5.97 Å². The highest BCUT2D eigenvalue weighted by molar-refractivity contribution is 5.96. The Bertz CT molecular complexity index is 608. The Kier molecular flexibility index (Phi) is 3.88. The summed E-state index contributed by atoms with van der Waals surface area (Å²) < 4.78 is 5.35. The first kappa shape index (κ1) is 14.6. The van der Waals surface area contributed by atoms with Crippen molar-refractivity contribution in [3.63, 3.8) is 0 Å². The van der Waals surface area contributed by atoms with E-state index < -0.39 is 17.8 Å². The van der Waals surface area contributed by atoms with Gasteiger partial charge in [0.2, 0.25) is 5.91 Å². The number of anilines is 1. The number of fused-ring (bicyclic) bond motifs is 2. The van der Waals surface area contributed by atoms with E-state index in [4.69, 9.17) is 4.74 Å². The second-order valence-corrected chi connectivity index (χ2v) is 5.78. The van der Waals surface area contributed by atoms with Crippen molar-refractivity contribution in [1.29, 1.82) is 0 Å². The molecule has 1 fully saturated rings. The number of hydrogen-bond acceptors (Lipinski definition) is 3. The Morgan fingerprint density at radius 3 is 2.41 bits per heavy atom. The summed E-state index contributed by atoms with van der Waals surface area (Å²) >= 11 is 0. The summed E-state index contributed by atoms with van der Waals surface area (Å²) in [5, 5.41) is 12.2. The number of nitrogens with one attached hydrogen (secondary N) is 1. The molecule has 5 heteroatoms. The zero-order valence-electron chi connectivity index (χ0n) is 12.4. The van der Waals surface area contributed by atoms with Crippen molar-refractivity contribution in [3.8, 4) is 5.75 Å². The molecule has 0 saturated heterocycles. The predicted molar refractivity (Wildman–Crippen MR) is 81.6 cm³/mol. The van der Waals surface area contributed by atoms with Gasteiger partial charge in [-0.15, -0.1) is 0 Å². The van der Waals surface area contributed by atoms with Crippen LogP contribution >= 0.6 is 0 Å². The van der Waals surface area contributed by atoms with Crippen molar-refractivity contribution in [2.75, 3.05) is 11.9 Å². The number of allylic oxidation sites excluding steroid dienone is 2. The van der Waals surface area contributed by atoms with Crippen LogP contribution in [0.5, 0.6) is 5.75 Å². The van der Waals surface area contributed by atoms with Crippen LogP contribution < -0.4 is 10.1 Å². The molecule has 5 nitrogen and oxygen atoms in total. The lowest BCUT2D eigenvalue weighted by Gasteiger charge is -2.23. The maximum absolute atomic E-state index is 12.5. The van der Waals surface area contributed by atoms with Gasteiger partial charge in [-0.1, -0.05) is 12.2 Å². The first-order valence-electron chi connectivity index (χ1n) is 7.55. The Balaban J connectivity index is 1.71. The second kappa shape index (κ2) is 5.83. The normalized spacial score (nSPS) is 28.6. The van der Waals surface area contributed by atoms with E-state index in [9.17, 15) is 14.7 Å². The molecule has 0 unspecified atom stereocenters. The van der Waals surface area contributed by atoms with Gasteiger partial charge in [0.1, 0.15) is 5.75 Å². The Hall–Kier alpha value is -2.30. The van der Waals surface area contributed by atoms with Crippen molar-refractivity contribution >= 4 is 17.6 Å². The van der Waals surface area contributed by atoms with E-state index in [2.05, 4.69) is 5.32 Å². The number of ether oxygens (including phenoxy) is 1. The van der Waals surface area contributed by atoms with Crippen LogP contribution in [0.1, 0.15) is 13.3 Å². The topological polar surface area (TPSA) is 75.6 Å². The predicted octanol–water partition coefficient (Wildman–Crippen LogP) is 2.55. The van der Waals surface area contributed by atoms with Crippen LogP contribution in [0.15, 0.2) is 36.4 Å². The Morgan fingerprint density at radius 1 is 1.18 bits per heavy atom. The average Bonchev–Trinajstić information content (AvgIpc) is 3.10. The number of amides is 1. The maximum atomic E-state index is 12.5. The Labute approximate surface area is 129 Å². The fraction of sp³-hybridized carbons (Fsp3) is 0.412. The third-order valence-electron chi connectivity index (χ3n) is 4.48. The number of rotatable bonds is 5. The monoisotopic (exact) mass is 301 g/mol. The van der Waals surface area contributed by atoms with E-state index in [1.54, 1.807) is 24.3 Å². The molecule has 116 valence electrons. The molecular weight excluding hydrogens is 282 g/mol. The summed E-state index contributed by atoms with van der Waals surface area (Å²) in [6.45, 7) is 2.49. The number of hydrogen-bond donors (Lipinski definition) is 2. The van der Waals surface area contributed by atoms with Crippen molar-refractivity contribution in [3.05, 3.63) is 36.4 Å². The fourth-order valence-corrected chi connectivity index (χ4v) is 3.54. The van der Waals surface area contributed by atoms with Crippen LogP contribution in [0.2, 0.25) is 0 Å². The number of benzene rings is 1. The van der Waals surface area contributed by atoms with Crippen LogP contribution in [0.25, 0.3) is 0 Å². The summed E-state index contributed by atoms with van der Waals surface area (Å²) in [5.74, 6) is -1.44. The van der Waals surface area contributed by atoms with Crippen LogP contribution in [0, 0.1) is 23.7 Å². The van der Waals surface area contributed by atoms with Gasteiger partial charge in [-0.3, -0.25) is 9.59 Å². The lowest BCUT2D eigenvalue weighted by molar-refractivity contribution is -0.146. The number of carbonyl (C=O) groups excluding carboxylic acids is 1. The molecule has 1 aromatic rings. The summed E-state index contributed by atoms with van der Waals surface area (Å²) in [4.78, 5) is 23.9. The molecule has 0 heterocycles. The molecule has 1 amide bonds. The molecule has 2 aliphatic carbocycles. The molecule has 0 radical (unpaired) electrons. The van der Waals surface area contributed by atoms with E-state index in [1.165, 1.54) is 0 Å². The molecule has 0 aliphatic heterocycles. The van der Waals surface area contributed by atoms with Gasteiger partial charge in [0.15, 0.2) is 0 Å². The molecule has 4 atom stereocenters. The number of aliphatic carboxylic acids is 1. The highest BCUT2D eigenvalue weighted by atomic mass is 16.5. The summed E-state index contributed by atoms with van der Waals surface area (Å²) in [5.41, 5.74) is 0.657. The molecule has 2 bridgehead atoms. The van der Waals surface area contributed by atoms with E-state index in [0.29, 0.717) is 12.3 Å². The van der Waals surface area contributed by atoms with E-state index in [1.807, 2.05) is 19.1 Å². The molecule has 2 aliphatic rings. The van der Waals surface area contributed by atoms with Gasteiger partial charge in [-0.25, -0.2) is 0 Å². The zero-order chi connectivity index (χ0) is 15.7. The average molecular weight is 301 g/mol. The summed E-state index contributed by atoms with van der Waals surface area (Å²) in [6.07, 6.45) is 4.68. The minimum absolute atomic E-state index is 0.0152. The minimum atomic E-state index is -0.885. The number of carbonyl (C=O) groups is 2. The number of carboxylic acid groups (broad SMARTS) is 1. The van der Waals surface area contributed by atoms with Crippen LogP contribution in [-0.4, -0.2) is 23.6 Å². The standard InChI is InChI=1S/C17H19NO4/c1-2-22-13-7-5-12(6-8-13)18-16(19)14-10-3-4-11(9-10)15(14)17(20)21/h3-8,10-11,14-15H,2,9H2,1H3,(H,18,19)(H,20,21)/t10-,11-,14+,15-/m0/s1. The van der Waals surface area contributed by atoms with Crippen molar-refractivity contribution < 1.29 is 19.4 Å². The molecule has 0 spiro atoms. The van der Waals surface area contributed by atoms with Gasteiger partial charge in [-0.2, -0.15) is 0 Å². The van der Waals surface area contributed by atoms with Gasteiger partial charge in [0, 0.05) is 5.69 Å². The number of carboxylic acids is 1. The first-order chi connectivity index (χ1) is 10.6. The summed E-state index contributed by atoms with van der Waals surface area (Å²) in [7, 11) is 0. The quantitative estimate of drug-likeness (QED) is 0.820. The molecule has 3 rings (SSSR count). The van der Waals surface area contributed by atoms with Crippen molar-refractivity contribution in [1.82, 2.24) is 0 Å². The largest absolute Gasteiger partial charge is 0.494 e. The molecule has 0 aromatic heterocycles. The lowest BCUT2D eigenvalue weighted by Crippen LogP contribution is -2.36. The molecule has 1 aromatic carbocycles. The molecule has 22 heavy (non-hydrogen) atoms. The van der Waals surface area contributed by atoms with Crippen LogP contribution in [0.3, 0.4) is 0 Å². The molecular formula is C17H19NO4. The molecule has 1 saturated carbocycles. The van der Waals surface area contributed by atoms with Gasteiger partial charge in [0.25, 0.3) is 0 Å². The first-order valence-corrected chi connectivity index (χ1v) is 7.55. The van der Waals surface area contributed by atoms with Gasteiger partial charge < -0.3 is 15.2 Å². The Morgan fingerprint density at radius 2 is 1.82 bits per heavy atom. The van der Waals surface area contributed by atoms with E-state index in [-0.39, 0.29) is 17.7 Å². The minimum Gasteiger partial charge on any atom is -0.494 e. The zero-order valence-corrected chi connectivity index (χ0v) is 12.4. The third-order valence-corrected chi connectivity index (χ3v) is 4.48. The third kappa shape index (κ3) is 2.58. The van der Waals surface area contributed by atoms with Crippen LogP contribution in [0.4, 0.5) is 5.69 Å². The van der Waals surface area contributed by atoms with E-state index in [0.717, 1.165) is 12.2 Å². The van der Waals surface area contributed by atoms with Crippen LogP contribution in [-0.2, 0) is 9.59 Å². The van der Waals surface area contributed by atoms with Crippen molar-refractivity contribution in [2.24, 2.45) is 23.7 Å². The molecule has 2 N–H and O–H groups in total. The lowest BCUT2D eigenvalue weighted by atomic mass is 9.82. The summed E-state index contributed by atoms with van der Waals surface area (Å²) in [6, 6.07) is 7.10. The van der Waals surface area contributed by atoms with Gasteiger partial charge in [0.05, 0.1) is 18.4 Å². The van der Waals surface area contributed by atoms with Crippen molar-refractivity contribution in [2.45, 2.75) is 13.3 Å². The fourth-order valence-electron chi connectivity index (χ4n) is 3.54. The van der Waals surface area contributed by atoms with E-state index >= 15 is 0 Å². The van der Waals surface area contributed by atoms with Gasteiger partial charge in [-0.05, 0) is 49.4 Å². The highest BCUT2D eigenvalue weighted by Gasteiger charge is 2.51. The second-order valence-electron chi connectivity index (χ2n) is 5.78. The highest BCUT2D eigenvalue weighted by Crippen LogP contribution is 2.48. The SMILES string of the molecule is CCOc1ccc(NC(=O)[C@H]2[C@@H](C(=O)O)[C@H]3C=C[C@H]2C3)cc1.